The van der Waals surface area contributed by atoms with Crippen LogP contribution in [-0.4, -0.2) is 69.4 Å². The van der Waals surface area contributed by atoms with E-state index in [9.17, 15) is 14.4 Å². The van der Waals surface area contributed by atoms with Gasteiger partial charge in [-0.25, -0.2) is 4.79 Å². The van der Waals surface area contributed by atoms with Crippen LogP contribution in [0.5, 0.6) is 0 Å². The van der Waals surface area contributed by atoms with Gasteiger partial charge in [0.15, 0.2) is 11.8 Å². The van der Waals surface area contributed by atoms with Gasteiger partial charge in [0, 0.05) is 24.4 Å². The van der Waals surface area contributed by atoms with Gasteiger partial charge in [-0.1, -0.05) is 19.9 Å². The van der Waals surface area contributed by atoms with E-state index < -0.39 is 5.25 Å². The summed E-state index contributed by atoms with van der Waals surface area (Å²) in [5, 5.41) is 3.39. The first-order valence-electron chi connectivity index (χ1n) is 9.68. The first kappa shape index (κ1) is 20.8. The number of carbonyl (C=O) groups excluding carboxylic acids is 3. The fraction of sp³-hybridized carbons (Fsp3) is 0.500. The Morgan fingerprint density at radius 1 is 1.25 bits per heavy atom. The van der Waals surface area contributed by atoms with Gasteiger partial charge in [-0.2, -0.15) is 14.3 Å². The summed E-state index contributed by atoms with van der Waals surface area (Å²) in [7, 11) is 0. The second-order valence-corrected chi connectivity index (χ2v) is 8.86. The van der Waals surface area contributed by atoms with Crippen LogP contribution in [0.2, 0.25) is 0 Å². The van der Waals surface area contributed by atoms with Crippen molar-refractivity contribution >= 4 is 46.7 Å². The highest BCUT2D eigenvalue weighted by atomic mass is 32.2. The lowest BCUT2D eigenvalue weighted by Gasteiger charge is -2.26. The molecule has 3 heterocycles. The van der Waals surface area contributed by atoms with Gasteiger partial charge in [-0.3, -0.25) is 4.79 Å². The molecule has 4 amide bonds. The Hall–Kier alpha value is -1.93. The molecule has 0 aliphatic carbocycles. The van der Waals surface area contributed by atoms with Gasteiger partial charge >= 0.3 is 11.9 Å². The van der Waals surface area contributed by atoms with Gasteiger partial charge in [0.05, 0.1) is 0 Å². The lowest BCUT2D eigenvalue weighted by atomic mass is 10.1. The third-order valence-electron chi connectivity index (χ3n) is 4.78. The zero-order valence-electron chi connectivity index (χ0n) is 16.3. The lowest BCUT2D eigenvalue weighted by Crippen LogP contribution is -2.57. The minimum absolute atomic E-state index is 0.0155. The number of amides is 4. The summed E-state index contributed by atoms with van der Waals surface area (Å²) < 4.78 is 1.50. The number of hydrogen-bond acceptors (Lipinski definition) is 5. The highest BCUT2D eigenvalue weighted by Crippen LogP contribution is 2.28. The molecule has 0 radical (unpaired) electrons. The van der Waals surface area contributed by atoms with Crippen LogP contribution in [0, 0.1) is 0 Å². The van der Waals surface area contributed by atoms with Crippen molar-refractivity contribution in [3.63, 3.8) is 0 Å². The summed E-state index contributed by atoms with van der Waals surface area (Å²) in [5.74, 6) is -0.254. The molecular weight excluding hydrogens is 394 g/mol. The van der Waals surface area contributed by atoms with Crippen LogP contribution in [0.1, 0.15) is 31.6 Å². The maximum Gasteiger partial charge on any atom is 0.501 e. The minimum Gasteiger partial charge on any atom is -0.339 e. The van der Waals surface area contributed by atoms with E-state index in [4.69, 9.17) is 0 Å². The largest absolute Gasteiger partial charge is 0.501 e. The van der Waals surface area contributed by atoms with Crippen LogP contribution >= 0.6 is 23.1 Å². The van der Waals surface area contributed by atoms with Crippen molar-refractivity contribution in [2.75, 3.05) is 26.2 Å². The molecule has 8 heteroatoms. The fourth-order valence-electron chi connectivity index (χ4n) is 3.43. The molecule has 0 bridgehead atoms. The molecule has 1 aromatic heterocycles. The van der Waals surface area contributed by atoms with Crippen LogP contribution in [0.15, 0.2) is 29.0 Å². The molecule has 0 fully saturated rings. The third-order valence-corrected chi connectivity index (χ3v) is 6.73. The second-order valence-electron chi connectivity index (χ2n) is 6.81. The molecule has 0 aromatic carbocycles. The van der Waals surface area contributed by atoms with Crippen molar-refractivity contribution in [3.8, 4) is 0 Å². The molecule has 1 aromatic rings. The molecule has 1 unspecified atom stereocenters. The Balaban J connectivity index is 1.80. The van der Waals surface area contributed by atoms with E-state index in [2.05, 4.69) is 0 Å². The number of rotatable bonds is 9. The topological polar surface area (TPSA) is 60.7 Å². The number of nitrogens with zero attached hydrogens (tertiary/aromatic N) is 3. The molecule has 0 saturated heterocycles. The molecule has 0 spiro atoms. The number of thioether (sulfide) groups is 1. The third kappa shape index (κ3) is 4.38. The van der Waals surface area contributed by atoms with Gasteiger partial charge in [0.2, 0.25) is 0 Å². The highest BCUT2D eigenvalue weighted by molar-refractivity contribution is 8.04. The van der Waals surface area contributed by atoms with Crippen molar-refractivity contribution in [3.05, 3.63) is 33.9 Å². The molecule has 28 heavy (non-hydrogen) atoms. The molecule has 150 valence electrons. The summed E-state index contributed by atoms with van der Waals surface area (Å²) in [6, 6.07) is 3.58. The Kier molecular flexibility index (Phi) is 7.07. The minimum atomic E-state index is -0.431. The lowest BCUT2D eigenvalue weighted by molar-refractivity contribution is -0.428. The maximum absolute atomic E-state index is 13.1. The zero-order chi connectivity index (χ0) is 20.1. The standard InChI is InChI=1S/C20H26N3O3S2/c1-3-9-21(10-4-2)17(24)14-23-16-8-13-28-18(16)19(25)22(20(23)26)11-7-15-6-5-12-27-15/h5-6,8,12-13,18H,3-4,7,9-11,14H2,1-2H3/q+1. The van der Waals surface area contributed by atoms with E-state index in [1.807, 2.05) is 36.8 Å². The van der Waals surface area contributed by atoms with Gasteiger partial charge in [-0.05, 0) is 35.8 Å². The molecule has 0 saturated carbocycles. The quantitative estimate of drug-likeness (QED) is 0.576. The van der Waals surface area contributed by atoms with E-state index >= 15 is 0 Å². The number of imide groups is 1. The number of thiophene rings is 1. The van der Waals surface area contributed by atoms with Crippen molar-refractivity contribution in [2.45, 2.75) is 38.4 Å². The van der Waals surface area contributed by atoms with Crippen LogP contribution in [-0.2, 0) is 16.0 Å². The molecule has 0 N–H and O–H groups in total. The first-order chi connectivity index (χ1) is 13.6. The van der Waals surface area contributed by atoms with Crippen LogP contribution < -0.4 is 0 Å². The molecule has 6 nitrogen and oxygen atoms in total. The van der Waals surface area contributed by atoms with Gasteiger partial charge in [0.1, 0.15) is 12.3 Å². The fourth-order valence-corrected chi connectivity index (χ4v) is 5.09. The SMILES string of the molecule is CCCN(CCC)C(=O)C[N+]1=C2C=CSC2C(=O)N(CCc2cccs2)C1=O. The number of hydrogen-bond donors (Lipinski definition) is 0. The molecule has 2 aliphatic rings. The Bertz CT molecular complexity index is 796. The van der Waals surface area contributed by atoms with Crippen molar-refractivity contribution in [1.82, 2.24) is 9.80 Å². The van der Waals surface area contributed by atoms with Gasteiger partial charge in [-0.15, -0.1) is 23.1 Å². The highest BCUT2D eigenvalue weighted by Gasteiger charge is 2.49. The smallest absolute Gasteiger partial charge is 0.339 e. The molecule has 1 atom stereocenters. The summed E-state index contributed by atoms with van der Waals surface area (Å²) in [5.41, 5.74) is 0.633. The van der Waals surface area contributed by atoms with Gasteiger partial charge < -0.3 is 4.90 Å². The summed E-state index contributed by atoms with van der Waals surface area (Å²) in [6.07, 6.45) is 4.17. The zero-order valence-corrected chi connectivity index (χ0v) is 17.9. The predicted octanol–water partition coefficient (Wildman–Crippen LogP) is 2.98. The van der Waals surface area contributed by atoms with Crippen molar-refractivity contribution in [1.29, 1.82) is 0 Å². The average Bonchev–Trinajstić information content (AvgIpc) is 3.36. The van der Waals surface area contributed by atoms with E-state index in [0.717, 1.165) is 17.7 Å². The van der Waals surface area contributed by atoms with E-state index in [1.54, 1.807) is 22.3 Å². The normalized spacial score (nSPS) is 18.8. The van der Waals surface area contributed by atoms with Crippen LogP contribution in [0.25, 0.3) is 0 Å². The van der Waals surface area contributed by atoms with E-state index in [-0.39, 0.29) is 24.4 Å². The van der Waals surface area contributed by atoms with Gasteiger partial charge in [0.25, 0.3) is 5.91 Å². The van der Waals surface area contributed by atoms with E-state index in [1.165, 1.54) is 21.2 Å². The van der Waals surface area contributed by atoms with Crippen molar-refractivity contribution < 1.29 is 19.0 Å². The Labute approximate surface area is 173 Å². The Morgan fingerprint density at radius 2 is 2.00 bits per heavy atom. The Morgan fingerprint density at radius 3 is 2.64 bits per heavy atom. The molecule has 2 aliphatic heterocycles. The maximum atomic E-state index is 13.1. The van der Waals surface area contributed by atoms with E-state index in [0.29, 0.717) is 31.8 Å². The first-order valence-corrected chi connectivity index (χ1v) is 11.5. The average molecular weight is 421 g/mol. The number of urea groups is 1. The number of allylic oxidation sites excluding steroid dienone is 1. The summed E-state index contributed by atoms with van der Waals surface area (Å²) in [6.45, 7) is 5.75. The molecule has 3 rings (SSSR count). The van der Waals surface area contributed by atoms with Crippen LogP contribution in [0.4, 0.5) is 4.79 Å². The monoisotopic (exact) mass is 420 g/mol. The molecular formula is C20H26N3O3S2+. The number of carbonyl (C=O) groups is 3. The second kappa shape index (κ2) is 9.52. The summed E-state index contributed by atoms with van der Waals surface area (Å²) in [4.78, 5) is 43.1. The summed E-state index contributed by atoms with van der Waals surface area (Å²) >= 11 is 3.01. The predicted molar refractivity (Wildman–Crippen MR) is 113 cm³/mol. The number of fused-ring (bicyclic) bond motifs is 1. The van der Waals surface area contributed by atoms with Crippen molar-refractivity contribution in [2.24, 2.45) is 0 Å². The van der Waals surface area contributed by atoms with Crippen LogP contribution in [0.3, 0.4) is 0 Å².